The molecule has 0 bridgehead atoms. The molecule has 0 radical (unpaired) electrons. The first-order valence-corrected chi connectivity index (χ1v) is 12.0. The molecular weight excluding hydrogens is 504 g/mol. The number of rotatable bonds is 5. The normalized spacial score (nSPS) is 21.4. The summed E-state index contributed by atoms with van der Waals surface area (Å²) in [5.74, 6) is -2.57. The molecule has 188 valence electrons. The standard InChI is InChI=1S/C24H25Cl2F3N4O2/c1-35-17-9-6-15(7-10-17)22-20(24(27,28)29)21(23(34)31-32-12-4-2-3-5-13-32)30-33(22)19-11-8-16(25)14-18(19)26/h6-11,14,20,22H,2-5,12-13H2,1H3,(H,31,34)/t20-,22+/m1/s1. The monoisotopic (exact) mass is 528 g/mol. The summed E-state index contributed by atoms with van der Waals surface area (Å²) in [4.78, 5) is 13.2. The molecule has 0 spiro atoms. The lowest BCUT2D eigenvalue weighted by atomic mass is 9.88. The van der Waals surface area contributed by atoms with Crippen molar-refractivity contribution in [2.75, 3.05) is 25.2 Å². The van der Waals surface area contributed by atoms with Crippen molar-refractivity contribution in [3.63, 3.8) is 0 Å². The van der Waals surface area contributed by atoms with Crippen molar-refractivity contribution in [3.05, 3.63) is 58.1 Å². The second-order valence-corrected chi connectivity index (χ2v) is 9.35. The predicted octanol–water partition coefficient (Wildman–Crippen LogP) is 6.01. The van der Waals surface area contributed by atoms with Gasteiger partial charge in [-0.15, -0.1) is 0 Å². The highest BCUT2D eigenvalue weighted by atomic mass is 35.5. The number of hydrogen-bond acceptors (Lipinski definition) is 5. The van der Waals surface area contributed by atoms with Crippen molar-refractivity contribution in [3.8, 4) is 5.75 Å². The average molecular weight is 529 g/mol. The van der Waals surface area contributed by atoms with E-state index in [9.17, 15) is 18.0 Å². The minimum absolute atomic E-state index is 0.120. The molecule has 1 saturated heterocycles. The van der Waals surface area contributed by atoms with Gasteiger partial charge in [-0.05, 0) is 48.7 Å². The lowest BCUT2D eigenvalue weighted by Crippen LogP contribution is -2.49. The van der Waals surface area contributed by atoms with Crippen molar-refractivity contribution in [2.24, 2.45) is 11.0 Å². The number of nitrogens with one attached hydrogen (secondary N) is 1. The Labute approximate surface area is 211 Å². The van der Waals surface area contributed by atoms with Gasteiger partial charge >= 0.3 is 6.18 Å². The molecule has 2 aromatic carbocycles. The van der Waals surface area contributed by atoms with Crippen LogP contribution in [0.1, 0.15) is 37.3 Å². The van der Waals surface area contributed by atoms with Crippen LogP contribution in [0.4, 0.5) is 18.9 Å². The molecular formula is C24H25Cl2F3N4O2. The van der Waals surface area contributed by atoms with Gasteiger partial charge in [0, 0.05) is 18.1 Å². The van der Waals surface area contributed by atoms with Crippen molar-refractivity contribution < 1.29 is 22.7 Å². The first kappa shape index (κ1) is 25.6. The number of benzene rings is 2. The van der Waals surface area contributed by atoms with Gasteiger partial charge in [0.2, 0.25) is 0 Å². The zero-order chi connectivity index (χ0) is 25.2. The number of ether oxygens (including phenoxy) is 1. The molecule has 1 N–H and O–H groups in total. The van der Waals surface area contributed by atoms with E-state index in [1.807, 2.05) is 0 Å². The third-order valence-corrected chi connectivity index (χ3v) is 6.69. The number of anilines is 1. The fourth-order valence-electron chi connectivity index (χ4n) is 4.44. The van der Waals surface area contributed by atoms with E-state index >= 15 is 0 Å². The number of hydrazone groups is 1. The number of alkyl halides is 3. The van der Waals surface area contributed by atoms with E-state index in [-0.39, 0.29) is 10.7 Å². The van der Waals surface area contributed by atoms with E-state index in [1.165, 1.54) is 37.4 Å². The third-order valence-electron chi connectivity index (χ3n) is 6.15. The minimum Gasteiger partial charge on any atom is -0.497 e. The number of amides is 1. The molecule has 4 rings (SSSR count). The van der Waals surface area contributed by atoms with Crippen LogP contribution in [-0.4, -0.2) is 43.0 Å². The van der Waals surface area contributed by atoms with Crippen molar-refractivity contribution in [1.82, 2.24) is 10.4 Å². The molecule has 35 heavy (non-hydrogen) atoms. The number of hydrogen-bond donors (Lipinski definition) is 1. The molecule has 2 aromatic rings. The number of halogens is 5. The summed E-state index contributed by atoms with van der Waals surface area (Å²) in [5.41, 5.74) is 2.55. The molecule has 0 aliphatic carbocycles. The van der Waals surface area contributed by atoms with Crippen molar-refractivity contribution in [1.29, 1.82) is 0 Å². The van der Waals surface area contributed by atoms with Gasteiger partial charge < -0.3 is 4.74 Å². The van der Waals surface area contributed by atoms with Crippen LogP contribution in [0.2, 0.25) is 10.0 Å². The summed E-state index contributed by atoms with van der Waals surface area (Å²) in [6.45, 7) is 1.15. The fourth-order valence-corrected chi connectivity index (χ4v) is 4.94. The van der Waals surface area contributed by atoms with E-state index in [1.54, 1.807) is 17.1 Å². The van der Waals surface area contributed by atoms with Crippen LogP contribution in [0.3, 0.4) is 0 Å². The first-order valence-electron chi connectivity index (χ1n) is 11.3. The molecule has 1 fully saturated rings. The Morgan fingerprint density at radius 1 is 1.06 bits per heavy atom. The predicted molar refractivity (Wildman–Crippen MR) is 130 cm³/mol. The van der Waals surface area contributed by atoms with Crippen LogP contribution in [0.5, 0.6) is 5.75 Å². The SMILES string of the molecule is COc1ccc([C@H]2[C@H](C(F)(F)F)C(C(=O)NN3CCCCCC3)=NN2c2ccc(Cl)cc2Cl)cc1. The van der Waals surface area contributed by atoms with Crippen molar-refractivity contribution >= 4 is 40.5 Å². The van der Waals surface area contributed by atoms with Gasteiger partial charge in [-0.2, -0.15) is 18.3 Å². The lowest BCUT2D eigenvalue weighted by molar-refractivity contribution is -0.160. The molecule has 0 unspecified atom stereocenters. The molecule has 6 nitrogen and oxygen atoms in total. The van der Waals surface area contributed by atoms with Gasteiger partial charge in [0.15, 0.2) is 0 Å². The number of methoxy groups -OCH3 is 1. The number of nitrogens with zero attached hydrogens (tertiary/aromatic N) is 3. The molecule has 2 aliphatic rings. The van der Waals surface area contributed by atoms with Crippen LogP contribution in [0.15, 0.2) is 47.6 Å². The maximum absolute atomic E-state index is 14.6. The van der Waals surface area contributed by atoms with Crippen LogP contribution >= 0.6 is 23.2 Å². The summed E-state index contributed by atoms with van der Waals surface area (Å²) >= 11 is 12.4. The minimum atomic E-state index is -4.76. The van der Waals surface area contributed by atoms with Gasteiger partial charge in [0.1, 0.15) is 17.4 Å². The second kappa shape index (κ2) is 10.6. The van der Waals surface area contributed by atoms with E-state index in [0.29, 0.717) is 29.4 Å². The summed E-state index contributed by atoms with van der Waals surface area (Å²) in [6.07, 6.45) is -1.01. The van der Waals surface area contributed by atoms with Crippen LogP contribution in [-0.2, 0) is 4.79 Å². The highest BCUT2D eigenvalue weighted by molar-refractivity contribution is 6.41. The second-order valence-electron chi connectivity index (χ2n) is 8.51. The van der Waals surface area contributed by atoms with Crippen LogP contribution in [0, 0.1) is 5.92 Å². The molecule has 2 aliphatic heterocycles. The summed E-state index contributed by atoms with van der Waals surface area (Å²) in [5, 5.41) is 7.50. The first-order chi connectivity index (χ1) is 16.7. The zero-order valence-electron chi connectivity index (χ0n) is 19.0. The summed E-state index contributed by atoms with van der Waals surface area (Å²) < 4.78 is 48.9. The summed E-state index contributed by atoms with van der Waals surface area (Å²) in [6, 6.07) is 9.28. The van der Waals surface area contributed by atoms with Crippen LogP contribution < -0.4 is 15.2 Å². The van der Waals surface area contributed by atoms with Crippen LogP contribution in [0.25, 0.3) is 0 Å². The smallest absolute Gasteiger partial charge is 0.399 e. The summed E-state index contributed by atoms with van der Waals surface area (Å²) in [7, 11) is 1.47. The maximum Gasteiger partial charge on any atom is 0.399 e. The molecule has 2 atom stereocenters. The van der Waals surface area contributed by atoms with Gasteiger partial charge in [-0.1, -0.05) is 48.2 Å². The Bertz CT molecular complexity index is 1090. The number of hydrazine groups is 1. The highest BCUT2D eigenvalue weighted by Crippen LogP contribution is 2.48. The van der Waals surface area contributed by atoms with Gasteiger partial charge in [-0.25, -0.2) is 5.01 Å². The molecule has 2 heterocycles. The van der Waals surface area contributed by atoms with E-state index in [2.05, 4.69) is 10.5 Å². The Hall–Kier alpha value is -2.49. The van der Waals surface area contributed by atoms with Crippen molar-refractivity contribution in [2.45, 2.75) is 37.9 Å². The van der Waals surface area contributed by atoms with Gasteiger partial charge in [0.05, 0.1) is 23.9 Å². The Balaban J connectivity index is 1.77. The fraction of sp³-hybridized carbons (Fsp3) is 0.417. The quantitative estimate of drug-likeness (QED) is 0.516. The third kappa shape index (κ3) is 5.68. The Kier molecular flexibility index (Phi) is 7.78. The molecule has 0 aromatic heterocycles. The Morgan fingerprint density at radius 3 is 2.29 bits per heavy atom. The largest absolute Gasteiger partial charge is 0.497 e. The van der Waals surface area contributed by atoms with E-state index in [0.717, 1.165) is 30.7 Å². The number of carbonyl (C=O) groups is 1. The zero-order valence-corrected chi connectivity index (χ0v) is 20.5. The molecule has 1 amide bonds. The van der Waals surface area contributed by atoms with Gasteiger partial charge in [0.25, 0.3) is 5.91 Å². The van der Waals surface area contributed by atoms with E-state index < -0.39 is 29.8 Å². The topological polar surface area (TPSA) is 57.2 Å². The molecule has 11 heteroatoms. The number of carbonyl (C=O) groups excluding carboxylic acids is 1. The molecule has 0 saturated carbocycles. The Morgan fingerprint density at radius 2 is 1.71 bits per heavy atom. The average Bonchev–Trinajstić information content (AvgIpc) is 3.04. The lowest BCUT2D eigenvalue weighted by Gasteiger charge is -2.30. The van der Waals surface area contributed by atoms with Gasteiger partial charge in [-0.3, -0.25) is 15.2 Å². The van der Waals surface area contributed by atoms with E-state index in [4.69, 9.17) is 27.9 Å². The maximum atomic E-state index is 14.6. The highest BCUT2D eigenvalue weighted by Gasteiger charge is 2.56.